The molecule has 0 aliphatic heterocycles. The van der Waals surface area contributed by atoms with Crippen LogP contribution >= 0.6 is 0 Å². The zero-order valence-electron chi connectivity index (χ0n) is 11.4. The lowest BCUT2D eigenvalue weighted by molar-refractivity contribution is 0.421. The van der Waals surface area contributed by atoms with Gasteiger partial charge in [-0.15, -0.1) is 0 Å². The van der Waals surface area contributed by atoms with Crippen molar-refractivity contribution in [2.24, 2.45) is 0 Å². The molecule has 0 bridgehead atoms. The van der Waals surface area contributed by atoms with Crippen molar-refractivity contribution in [3.8, 4) is 6.07 Å². The molecule has 104 valence electrons. The Labute approximate surface area is 114 Å². The average molecular weight is 281 g/mol. The van der Waals surface area contributed by atoms with Gasteiger partial charge in [0.1, 0.15) is 0 Å². The SMILES string of the molecule is CC(C)(CNCc1ccc(C#N)cc1)NS(C)(=O)=O. The van der Waals surface area contributed by atoms with Gasteiger partial charge < -0.3 is 5.32 Å². The number of rotatable bonds is 6. The molecule has 0 spiro atoms. The van der Waals surface area contributed by atoms with Crippen LogP contribution in [0.25, 0.3) is 0 Å². The zero-order valence-corrected chi connectivity index (χ0v) is 12.2. The van der Waals surface area contributed by atoms with Gasteiger partial charge in [-0.05, 0) is 31.5 Å². The predicted octanol–water partition coefficient (Wildman–Crippen LogP) is 0.976. The molecular weight excluding hydrogens is 262 g/mol. The molecule has 0 aliphatic rings. The minimum Gasteiger partial charge on any atom is -0.311 e. The van der Waals surface area contributed by atoms with Gasteiger partial charge in [-0.25, -0.2) is 13.1 Å². The lowest BCUT2D eigenvalue weighted by Gasteiger charge is -2.25. The molecule has 0 aromatic heterocycles. The number of nitriles is 1. The van der Waals surface area contributed by atoms with Crippen LogP contribution in [0.3, 0.4) is 0 Å². The van der Waals surface area contributed by atoms with Crippen molar-refractivity contribution in [2.45, 2.75) is 25.9 Å². The lowest BCUT2D eigenvalue weighted by atomic mass is 10.1. The summed E-state index contributed by atoms with van der Waals surface area (Å²) in [6.07, 6.45) is 1.15. The maximum absolute atomic E-state index is 11.2. The Balaban J connectivity index is 2.47. The Morgan fingerprint density at radius 3 is 2.32 bits per heavy atom. The van der Waals surface area contributed by atoms with Gasteiger partial charge >= 0.3 is 0 Å². The van der Waals surface area contributed by atoms with Gasteiger partial charge in [0.2, 0.25) is 10.0 Å². The van der Waals surface area contributed by atoms with Crippen molar-refractivity contribution in [3.05, 3.63) is 35.4 Å². The van der Waals surface area contributed by atoms with Crippen LogP contribution in [0.5, 0.6) is 0 Å². The standard InChI is InChI=1S/C13H19N3O2S/c1-13(2,16-19(3,17)18)10-15-9-12-6-4-11(8-14)5-7-12/h4-7,15-16H,9-10H2,1-3H3. The Bertz CT molecular complexity index is 557. The highest BCUT2D eigenvalue weighted by Gasteiger charge is 2.21. The van der Waals surface area contributed by atoms with Crippen LogP contribution in [0.2, 0.25) is 0 Å². The van der Waals surface area contributed by atoms with Crippen molar-refractivity contribution in [2.75, 3.05) is 12.8 Å². The third kappa shape index (κ3) is 6.34. The summed E-state index contributed by atoms with van der Waals surface area (Å²) in [4.78, 5) is 0. The second-order valence-corrected chi connectivity index (χ2v) is 6.92. The van der Waals surface area contributed by atoms with Crippen LogP contribution in [-0.4, -0.2) is 26.8 Å². The predicted molar refractivity (Wildman–Crippen MR) is 74.9 cm³/mol. The monoisotopic (exact) mass is 281 g/mol. The molecule has 0 fully saturated rings. The molecule has 6 heteroatoms. The van der Waals surface area contributed by atoms with Gasteiger partial charge in [-0.2, -0.15) is 5.26 Å². The summed E-state index contributed by atoms with van der Waals surface area (Å²) in [5.41, 5.74) is 1.14. The van der Waals surface area contributed by atoms with E-state index in [1.54, 1.807) is 12.1 Å². The van der Waals surface area contributed by atoms with E-state index in [4.69, 9.17) is 5.26 Å². The minimum atomic E-state index is -3.21. The fraction of sp³-hybridized carbons (Fsp3) is 0.462. The van der Waals surface area contributed by atoms with Gasteiger partial charge in [0.25, 0.3) is 0 Å². The van der Waals surface area contributed by atoms with E-state index < -0.39 is 15.6 Å². The van der Waals surface area contributed by atoms with E-state index in [2.05, 4.69) is 16.1 Å². The first-order valence-electron chi connectivity index (χ1n) is 5.90. The number of nitrogens with zero attached hydrogens (tertiary/aromatic N) is 1. The van der Waals surface area contributed by atoms with Gasteiger partial charge in [0.15, 0.2) is 0 Å². The second-order valence-electron chi connectivity index (χ2n) is 5.17. The molecular formula is C13H19N3O2S. The van der Waals surface area contributed by atoms with Crippen LogP contribution in [0.1, 0.15) is 25.0 Å². The molecule has 5 nitrogen and oxygen atoms in total. The summed E-state index contributed by atoms with van der Waals surface area (Å²) in [6.45, 7) is 4.78. The molecule has 0 radical (unpaired) electrons. The van der Waals surface area contributed by atoms with E-state index in [9.17, 15) is 8.42 Å². The minimum absolute atomic E-state index is 0.514. The maximum Gasteiger partial charge on any atom is 0.209 e. The number of hydrogen-bond donors (Lipinski definition) is 2. The largest absolute Gasteiger partial charge is 0.311 e. The number of hydrogen-bond acceptors (Lipinski definition) is 4. The molecule has 1 aromatic rings. The molecule has 19 heavy (non-hydrogen) atoms. The highest BCUT2D eigenvalue weighted by atomic mass is 32.2. The first kappa shape index (κ1) is 15.6. The summed E-state index contributed by atoms with van der Waals surface area (Å²) in [6, 6.07) is 9.34. The summed E-state index contributed by atoms with van der Waals surface area (Å²) in [5.74, 6) is 0. The van der Waals surface area contributed by atoms with E-state index in [1.807, 2.05) is 26.0 Å². The first-order chi connectivity index (χ1) is 8.72. The number of sulfonamides is 1. The molecule has 0 aliphatic carbocycles. The van der Waals surface area contributed by atoms with Gasteiger partial charge in [0, 0.05) is 18.6 Å². The van der Waals surface area contributed by atoms with E-state index in [1.165, 1.54) is 0 Å². The third-order valence-corrected chi connectivity index (χ3v) is 3.36. The highest BCUT2D eigenvalue weighted by molar-refractivity contribution is 7.88. The average Bonchev–Trinajstić information content (AvgIpc) is 2.26. The highest BCUT2D eigenvalue weighted by Crippen LogP contribution is 2.05. The van der Waals surface area contributed by atoms with E-state index in [0.717, 1.165) is 11.8 Å². The smallest absolute Gasteiger partial charge is 0.209 e. The Morgan fingerprint density at radius 1 is 1.26 bits per heavy atom. The molecule has 0 amide bonds. The molecule has 0 atom stereocenters. The number of nitrogens with one attached hydrogen (secondary N) is 2. The van der Waals surface area contributed by atoms with Crippen LogP contribution in [-0.2, 0) is 16.6 Å². The summed E-state index contributed by atoms with van der Waals surface area (Å²) >= 11 is 0. The maximum atomic E-state index is 11.2. The molecule has 2 N–H and O–H groups in total. The topological polar surface area (TPSA) is 82.0 Å². The van der Waals surface area contributed by atoms with Crippen molar-refractivity contribution in [1.29, 1.82) is 5.26 Å². The zero-order chi connectivity index (χ0) is 14.5. The Kier molecular flexibility index (Phi) is 5.06. The van der Waals surface area contributed by atoms with Crippen LogP contribution in [0.4, 0.5) is 0 Å². The molecule has 1 rings (SSSR count). The van der Waals surface area contributed by atoms with Crippen molar-refractivity contribution < 1.29 is 8.42 Å². The van der Waals surface area contributed by atoms with Crippen LogP contribution in [0, 0.1) is 11.3 Å². The Morgan fingerprint density at radius 2 is 1.84 bits per heavy atom. The van der Waals surface area contributed by atoms with Gasteiger partial charge in [-0.1, -0.05) is 12.1 Å². The van der Waals surface area contributed by atoms with Crippen LogP contribution < -0.4 is 10.0 Å². The van der Waals surface area contributed by atoms with E-state index in [0.29, 0.717) is 18.7 Å². The summed E-state index contributed by atoms with van der Waals surface area (Å²) in [7, 11) is -3.21. The van der Waals surface area contributed by atoms with Crippen molar-refractivity contribution in [1.82, 2.24) is 10.0 Å². The fourth-order valence-electron chi connectivity index (χ4n) is 1.75. The molecule has 1 aromatic carbocycles. The molecule has 0 unspecified atom stereocenters. The van der Waals surface area contributed by atoms with Crippen LogP contribution in [0.15, 0.2) is 24.3 Å². The molecule has 0 saturated heterocycles. The first-order valence-corrected chi connectivity index (χ1v) is 7.80. The van der Waals surface area contributed by atoms with E-state index >= 15 is 0 Å². The fourth-order valence-corrected chi connectivity index (χ4v) is 2.83. The quantitative estimate of drug-likeness (QED) is 0.814. The van der Waals surface area contributed by atoms with E-state index in [-0.39, 0.29) is 0 Å². The summed E-state index contributed by atoms with van der Waals surface area (Å²) in [5, 5.41) is 11.9. The van der Waals surface area contributed by atoms with Crippen molar-refractivity contribution >= 4 is 10.0 Å². The van der Waals surface area contributed by atoms with Crippen molar-refractivity contribution in [3.63, 3.8) is 0 Å². The molecule has 0 saturated carbocycles. The summed E-state index contributed by atoms with van der Waals surface area (Å²) < 4.78 is 24.9. The second kappa shape index (κ2) is 6.15. The third-order valence-electron chi connectivity index (χ3n) is 2.44. The van der Waals surface area contributed by atoms with Gasteiger partial charge in [-0.3, -0.25) is 0 Å². The lowest BCUT2D eigenvalue weighted by Crippen LogP contribution is -2.49. The van der Waals surface area contributed by atoms with Gasteiger partial charge in [0.05, 0.1) is 17.9 Å². The molecule has 0 heterocycles. The number of benzene rings is 1. The Hall–Kier alpha value is -1.42. The normalized spacial score (nSPS) is 12.1.